The number of nitrogens with two attached hydrogens (primary N) is 1. The lowest BCUT2D eigenvalue weighted by Crippen LogP contribution is -2.34. The van der Waals surface area contributed by atoms with E-state index in [1.807, 2.05) is 13.0 Å². The van der Waals surface area contributed by atoms with Gasteiger partial charge in [-0.3, -0.25) is 4.79 Å². The Kier molecular flexibility index (Phi) is 5.77. The van der Waals surface area contributed by atoms with Crippen LogP contribution in [0.2, 0.25) is 0 Å². The summed E-state index contributed by atoms with van der Waals surface area (Å²) in [5, 5.41) is 11.7. The van der Waals surface area contributed by atoms with Crippen LogP contribution in [0.3, 0.4) is 0 Å². The zero-order valence-corrected chi connectivity index (χ0v) is 13.6. The average Bonchev–Trinajstić information content (AvgIpc) is 2.62. The third kappa shape index (κ3) is 4.24. The normalized spacial score (nSPS) is 11.2. The monoisotopic (exact) mass is 325 g/mol. The summed E-state index contributed by atoms with van der Waals surface area (Å²) in [6.45, 7) is 1.85. The van der Waals surface area contributed by atoms with Gasteiger partial charge >= 0.3 is 0 Å². The van der Waals surface area contributed by atoms with Crippen molar-refractivity contribution in [1.29, 1.82) is 5.26 Å². The second-order valence-electron chi connectivity index (χ2n) is 5.10. The summed E-state index contributed by atoms with van der Waals surface area (Å²) < 4.78 is 10.9. The van der Waals surface area contributed by atoms with Crippen LogP contribution in [0, 0.1) is 11.3 Å². The van der Waals surface area contributed by atoms with Crippen molar-refractivity contribution < 1.29 is 14.3 Å². The Labute approximate surface area is 140 Å². The van der Waals surface area contributed by atoms with Gasteiger partial charge in [-0.1, -0.05) is 6.92 Å². The Morgan fingerprint density at radius 3 is 2.50 bits per heavy atom. The van der Waals surface area contributed by atoms with Crippen molar-refractivity contribution in [3.8, 4) is 23.3 Å². The van der Waals surface area contributed by atoms with E-state index in [1.54, 1.807) is 42.5 Å². The summed E-state index contributed by atoms with van der Waals surface area (Å²) in [5.74, 6) is 1.38. The zero-order chi connectivity index (χ0) is 17.5. The fraction of sp³-hybridized carbons (Fsp3) is 0.222. The maximum absolute atomic E-state index is 11.7. The summed E-state index contributed by atoms with van der Waals surface area (Å²) in [5.41, 5.74) is 6.76. The van der Waals surface area contributed by atoms with Crippen LogP contribution < -0.4 is 20.5 Å². The van der Waals surface area contributed by atoms with Gasteiger partial charge in [0.2, 0.25) is 5.91 Å². The molecule has 0 bridgehead atoms. The molecule has 2 aromatic rings. The minimum Gasteiger partial charge on any atom is -0.495 e. The number of ether oxygens (including phenoxy) is 2. The average molecular weight is 325 g/mol. The van der Waals surface area contributed by atoms with Crippen LogP contribution in [0.15, 0.2) is 42.5 Å². The first-order valence-electron chi connectivity index (χ1n) is 7.50. The molecule has 6 heteroatoms. The molecule has 0 fully saturated rings. The number of methoxy groups -OCH3 is 1. The van der Waals surface area contributed by atoms with Crippen molar-refractivity contribution in [3.05, 3.63) is 48.0 Å². The minimum atomic E-state index is -0.521. The molecule has 0 aromatic heterocycles. The molecule has 0 aliphatic carbocycles. The summed E-state index contributed by atoms with van der Waals surface area (Å²) in [7, 11) is 1.50. The van der Waals surface area contributed by atoms with E-state index in [9.17, 15) is 4.79 Å². The van der Waals surface area contributed by atoms with E-state index in [4.69, 9.17) is 20.5 Å². The molecule has 24 heavy (non-hydrogen) atoms. The molecular weight excluding hydrogens is 306 g/mol. The van der Waals surface area contributed by atoms with Gasteiger partial charge in [-0.2, -0.15) is 5.26 Å². The molecule has 0 aliphatic heterocycles. The van der Waals surface area contributed by atoms with Crippen LogP contribution in [0.25, 0.3) is 0 Å². The van der Waals surface area contributed by atoms with Gasteiger partial charge < -0.3 is 20.5 Å². The van der Waals surface area contributed by atoms with Gasteiger partial charge in [0.15, 0.2) is 0 Å². The molecule has 0 heterocycles. The number of rotatable bonds is 6. The van der Waals surface area contributed by atoms with E-state index >= 15 is 0 Å². The van der Waals surface area contributed by atoms with E-state index in [1.165, 1.54) is 7.11 Å². The number of hydrogen-bond acceptors (Lipinski definition) is 5. The van der Waals surface area contributed by atoms with Gasteiger partial charge in [0, 0.05) is 11.8 Å². The second kappa shape index (κ2) is 7.99. The number of benzene rings is 2. The Morgan fingerprint density at radius 1 is 1.25 bits per heavy atom. The topological polar surface area (TPSA) is 97.4 Å². The van der Waals surface area contributed by atoms with Crippen LogP contribution in [0.5, 0.6) is 17.2 Å². The molecule has 0 radical (unpaired) electrons. The molecule has 1 atom stereocenters. The van der Waals surface area contributed by atoms with Crippen LogP contribution in [0.1, 0.15) is 18.9 Å². The van der Waals surface area contributed by atoms with Crippen molar-refractivity contribution in [2.45, 2.75) is 19.4 Å². The fourth-order valence-corrected chi connectivity index (χ4v) is 1.99. The lowest BCUT2D eigenvalue weighted by atomic mass is 10.2. The van der Waals surface area contributed by atoms with E-state index in [0.717, 1.165) is 0 Å². The smallest absolute Gasteiger partial charge is 0.241 e. The molecule has 0 saturated carbocycles. The van der Waals surface area contributed by atoms with Crippen LogP contribution in [0.4, 0.5) is 5.69 Å². The Bertz CT molecular complexity index is 751. The molecule has 0 spiro atoms. The highest BCUT2D eigenvalue weighted by Gasteiger charge is 2.11. The number of nitrogens with zero attached hydrogens (tertiary/aromatic N) is 1. The first-order chi connectivity index (χ1) is 11.6. The maximum atomic E-state index is 11.7. The van der Waals surface area contributed by atoms with Crippen LogP contribution in [-0.2, 0) is 4.79 Å². The molecule has 6 nitrogen and oxygen atoms in total. The largest absolute Gasteiger partial charge is 0.495 e. The van der Waals surface area contributed by atoms with E-state index in [2.05, 4.69) is 5.32 Å². The first-order valence-corrected chi connectivity index (χ1v) is 7.50. The summed E-state index contributed by atoms with van der Waals surface area (Å²) in [6.07, 6.45) is 0.577. The van der Waals surface area contributed by atoms with Crippen molar-refractivity contribution in [1.82, 2.24) is 0 Å². The summed E-state index contributed by atoms with van der Waals surface area (Å²) >= 11 is 0. The highest BCUT2D eigenvalue weighted by atomic mass is 16.5. The molecule has 124 valence electrons. The van der Waals surface area contributed by atoms with Crippen LogP contribution in [-0.4, -0.2) is 19.1 Å². The van der Waals surface area contributed by atoms with Crippen molar-refractivity contribution >= 4 is 11.6 Å². The standard InChI is InChI=1S/C18H19N3O3/c1-3-16(20)18(22)21-13-5-8-14(9-6-13)24-15-7-4-12(11-19)17(10-15)23-2/h4-10,16H,3,20H2,1-2H3,(H,21,22). The molecule has 3 N–H and O–H groups in total. The van der Waals surface area contributed by atoms with Gasteiger partial charge in [-0.05, 0) is 42.8 Å². The predicted octanol–water partition coefficient (Wildman–Crippen LogP) is 3.03. The molecule has 0 saturated heterocycles. The molecular formula is C18H19N3O3. The van der Waals surface area contributed by atoms with Crippen molar-refractivity contribution in [2.24, 2.45) is 5.73 Å². The number of carbonyl (C=O) groups is 1. The van der Waals surface area contributed by atoms with Gasteiger partial charge in [0.05, 0.1) is 18.7 Å². The Morgan fingerprint density at radius 2 is 1.92 bits per heavy atom. The Balaban J connectivity index is 2.07. The molecule has 2 aromatic carbocycles. The number of hydrogen-bond donors (Lipinski definition) is 2. The number of nitriles is 1. The molecule has 0 aliphatic rings. The lowest BCUT2D eigenvalue weighted by molar-refractivity contribution is -0.117. The summed E-state index contributed by atoms with van der Waals surface area (Å²) in [6, 6.07) is 13.4. The highest BCUT2D eigenvalue weighted by molar-refractivity contribution is 5.94. The van der Waals surface area contributed by atoms with E-state index in [-0.39, 0.29) is 5.91 Å². The molecule has 1 unspecified atom stereocenters. The molecule has 2 rings (SSSR count). The quantitative estimate of drug-likeness (QED) is 0.850. The maximum Gasteiger partial charge on any atom is 0.241 e. The van der Waals surface area contributed by atoms with E-state index in [0.29, 0.717) is 34.9 Å². The molecule has 1 amide bonds. The van der Waals surface area contributed by atoms with Gasteiger partial charge in [0.1, 0.15) is 23.3 Å². The van der Waals surface area contributed by atoms with Gasteiger partial charge in [0.25, 0.3) is 0 Å². The van der Waals surface area contributed by atoms with Crippen molar-refractivity contribution in [3.63, 3.8) is 0 Å². The van der Waals surface area contributed by atoms with E-state index < -0.39 is 6.04 Å². The van der Waals surface area contributed by atoms with Crippen molar-refractivity contribution in [2.75, 3.05) is 12.4 Å². The number of anilines is 1. The zero-order valence-electron chi connectivity index (χ0n) is 13.6. The number of amides is 1. The highest BCUT2D eigenvalue weighted by Crippen LogP contribution is 2.28. The minimum absolute atomic E-state index is 0.219. The first kappa shape index (κ1) is 17.3. The van der Waals surface area contributed by atoms with Gasteiger partial charge in [-0.15, -0.1) is 0 Å². The summed E-state index contributed by atoms with van der Waals surface area (Å²) in [4.78, 5) is 11.7. The lowest BCUT2D eigenvalue weighted by Gasteiger charge is -2.11. The number of nitrogens with one attached hydrogen (secondary N) is 1. The second-order valence-corrected chi connectivity index (χ2v) is 5.10. The Hall–Kier alpha value is -3.04. The third-order valence-electron chi connectivity index (χ3n) is 3.43. The third-order valence-corrected chi connectivity index (χ3v) is 3.43. The number of carbonyl (C=O) groups excluding carboxylic acids is 1. The SMILES string of the molecule is CCC(N)C(=O)Nc1ccc(Oc2ccc(C#N)c(OC)c2)cc1. The fourth-order valence-electron chi connectivity index (χ4n) is 1.99. The predicted molar refractivity (Wildman–Crippen MR) is 91.1 cm³/mol. The van der Waals surface area contributed by atoms with Gasteiger partial charge in [-0.25, -0.2) is 0 Å². The van der Waals surface area contributed by atoms with Crippen LogP contribution >= 0.6 is 0 Å².